The number of carbonyl (C=O) groups is 1. The fraction of sp³-hybridized carbons (Fsp3) is 0.125. The van der Waals surface area contributed by atoms with E-state index in [1.165, 1.54) is 0 Å². The van der Waals surface area contributed by atoms with E-state index < -0.39 is 0 Å². The van der Waals surface area contributed by atoms with Crippen molar-refractivity contribution in [2.75, 3.05) is 12.8 Å². The van der Waals surface area contributed by atoms with Crippen molar-refractivity contribution in [3.63, 3.8) is 0 Å². The van der Waals surface area contributed by atoms with Crippen molar-refractivity contribution >= 4 is 17.3 Å². The number of nitrogens with one attached hydrogen (secondary N) is 1. The second-order valence-electron chi connectivity index (χ2n) is 4.49. The Morgan fingerprint density at radius 2 is 1.86 bits per heavy atom. The van der Waals surface area contributed by atoms with Crippen molar-refractivity contribution in [2.45, 2.75) is 6.92 Å². The molecule has 0 saturated carbocycles. The summed E-state index contributed by atoms with van der Waals surface area (Å²) in [6, 6.07) is 14.1. The Morgan fingerprint density at radius 3 is 2.52 bits per heavy atom. The fourth-order valence-corrected chi connectivity index (χ4v) is 1.75. The van der Waals surface area contributed by atoms with Gasteiger partial charge < -0.3 is 10.5 Å². The normalized spacial score (nSPS) is 11.0. The van der Waals surface area contributed by atoms with E-state index in [0.29, 0.717) is 17.0 Å². The summed E-state index contributed by atoms with van der Waals surface area (Å²) in [5.41, 5.74) is 10.8. The number of ether oxygens (including phenoxy) is 1. The monoisotopic (exact) mass is 283 g/mol. The summed E-state index contributed by atoms with van der Waals surface area (Å²) < 4.78 is 5.16. The number of nitrogens with two attached hydrogens (primary N) is 1. The van der Waals surface area contributed by atoms with Crippen molar-refractivity contribution in [2.24, 2.45) is 5.10 Å². The molecule has 0 bridgehead atoms. The standard InChI is InChI=1S/C16H17N3O2/c1-11(13-4-3-5-15(10-13)21-2)18-19-16(20)12-6-8-14(17)9-7-12/h3-10H,17H2,1-2H3,(H,19,20)/b18-11+. The van der Waals surface area contributed by atoms with Gasteiger partial charge in [-0.25, -0.2) is 5.43 Å². The van der Waals surface area contributed by atoms with Gasteiger partial charge in [0.1, 0.15) is 5.75 Å². The highest BCUT2D eigenvalue weighted by Gasteiger charge is 2.05. The molecule has 2 aromatic rings. The lowest BCUT2D eigenvalue weighted by molar-refractivity contribution is 0.0955. The molecule has 2 aromatic carbocycles. The zero-order valence-corrected chi connectivity index (χ0v) is 12.0. The number of nitrogens with zero attached hydrogens (tertiary/aromatic N) is 1. The van der Waals surface area contributed by atoms with Gasteiger partial charge in [-0.1, -0.05) is 12.1 Å². The molecule has 0 heterocycles. The predicted molar refractivity (Wildman–Crippen MR) is 83.5 cm³/mol. The fourth-order valence-electron chi connectivity index (χ4n) is 1.75. The Balaban J connectivity index is 2.09. The Bertz CT molecular complexity index is 663. The van der Waals surface area contributed by atoms with Gasteiger partial charge in [0, 0.05) is 16.8 Å². The SMILES string of the molecule is COc1cccc(/C(C)=N/NC(=O)c2ccc(N)cc2)c1. The van der Waals surface area contributed by atoms with Crippen LogP contribution in [0.5, 0.6) is 5.75 Å². The third-order valence-corrected chi connectivity index (χ3v) is 2.99. The number of nitrogen functional groups attached to an aromatic ring is 1. The highest BCUT2D eigenvalue weighted by molar-refractivity contribution is 6.01. The van der Waals surface area contributed by atoms with Gasteiger partial charge in [0.25, 0.3) is 5.91 Å². The van der Waals surface area contributed by atoms with Gasteiger partial charge >= 0.3 is 0 Å². The molecule has 0 aliphatic heterocycles. The van der Waals surface area contributed by atoms with Gasteiger partial charge in [0.2, 0.25) is 0 Å². The molecule has 0 aliphatic rings. The van der Waals surface area contributed by atoms with E-state index in [4.69, 9.17) is 10.5 Å². The lowest BCUT2D eigenvalue weighted by atomic mass is 10.1. The first kappa shape index (κ1) is 14.6. The van der Waals surface area contributed by atoms with Gasteiger partial charge in [-0.05, 0) is 43.3 Å². The average Bonchev–Trinajstić information content (AvgIpc) is 2.53. The Kier molecular flexibility index (Phi) is 4.56. The second-order valence-corrected chi connectivity index (χ2v) is 4.49. The van der Waals surface area contributed by atoms with E-state index in [0.717, 1.165) is 11.3 Å². The van der Waals surface area contributed by atoms with Crippen LogP contribution in [-0.2, 0) is 0 Å². The van der Waals surface area contributed by atoms with Crippen LogP contribution in [-0.4, -0.2) is 18.7 Å². The predicted octanol–water partition coefficient (Wildman–Crippen LogP) is 2.43. The minimum absolute atomic E-state index is 0.280. The largest absolute Gasteiger partial charge is 0.497 e. The maximum atomic E-state index is 11.9. The molecule has 3 N–H and O–H groups in total. The molecule has 108 valence electrons. The molecular formula is C16H17N3O2. The smallest absolute Gasteiger partial charge is 0.271 e. The molecular weight excluding hydrogens is 266 g/mol. The minimum Gasteiger partial charge on any atom is -0.497 e. The number of carbonyl (C=O) groups excluding carboxylic acids is 1. The van der Waals surface area contributed by atoms with Crippen LogP contribution in [0.25, 0.3) is 0 Å². The summed E-state index contributed by atoms with van der Waals surface area (Å²) in [6.45, 7) is 1.82. The molecule has 0 radical (unpaired) electrons. The molecule has 5 nitrogen and oxygen atoms in total. The zero-order valence-electron chi connectivity index (χ0n) is 12.0. The summed E-state index contributed by atoms with van der Waals surface area (Å²) in [5.74, 6) is 0.462. The first-order chi connectivity index (χ1) is 10.1. The van der Waals surface area contributed by atoms with Crippen molar-refractivity contribution in [3.8, 4) is 5.75 Å². The third-order valence-electron chi connectivity index (χ3n) is 2.99. The van der Waals surface area contributed by atoms with Gasteiger partial charge in [0.15, 0.2) is 0 Å². The van der Waals surface area contributed by atoms with E-state index in [1.54, 1.807) is 31.4 Å². The third kappa shape index (κ3) is 3.82. The molecule has 0 aliphatic carbocycles. The molecule has 21 heavy (non-hydrogen) atoms. The van der Waals surface area contributed by atoms with Gasteiger partial charge in [-0.2, -0.15) is 5.10 Å². The summed E-state index contributed by atoms with van der Waals surface area (Å²) in [4.78, 5) is 11.9. The molecule has 0 fully saturated rings. The first-order valence-electron chi connectivity index (χ1n) is 6.45. The lowest BCUT2D eigenvalue weighted by Gasteiger charge is -2.05. The number of anilines is 1. The minimum atomic E-state index is -0.280. The van der Waals surface area contributed by atoms with Crippen LogP contribution in [0.1, 0.15) is 22.8 Å². The van der Waals surface area contributed by atoms with E-state index >= 15 is 0 Å². The summed E-state index contributed by atoms with van der Waals surface area (Å²) in [5, 5.41) is 4.10. The average molecular weight is 283 g/mol. The zero-order chi connectivity index (χ0) is 15.2. The van der Waals surface area contributed by atoms with E-state index in [9.17, 15) is 4.79 Å². The highest BCUT2D eigenvalue weighted by Crippen LogP contribution is 2.13. The van der Waals surface area contributed by atoms with Crippen molar-refractivity contribution in [3.05, 3.63) is 59.7 Å². The summed E-state index contributed by atoms with van der Waals surface area (Å²) in [6.07, 6.45) is 0. The Morgan fingerprint density at radius 1 is 1.14 bits per heavy atom. The Hall–Kier alpha value is -2.82. The first-order valence-corrected chi connectivity index (χ1v) is 6.45. The van der Waals surface area contributed by atoms with Gasteiger partial charge in [-0.3, -0.25) is 4.79 Å². The van der Waals surface area contributed by atoms with Crippen LogP contribution >= 0.6 is 0 Å². The highest BCUT2D eigenvalue weighted by atomic mass is 16.5. The molecule has 0 saturated heterocycles. The number of benzene rings is 2. The van der Waals surface area contributed by atoms with Crippen LogP contribution in [0, 0.1) is 0 Å². The molecule has 1 amide bonds. The molecule has 0 atom stereocenters. The van der Waals surface area contributed by atoms with Gasteiger partial charge in [0.05, 0.1) is 12.8 Å². The number of hydrazone groups is 1. The number of hydrogen-bond donors (Lipinski definition) is 2. The molecule has 0 aromatic heterocycles. The lowest BCUT2D eigenvalue weighted by Crippen LogP contribution is -2.19. The molecule has 5 heteroatoms. The summed E-state index contributed by atoms with van der Waals surface area (Å²) in [7, 11) is 1.61. The van der Waals surface area contributed by atoms with E-state index in [-0.39, 0.29) is 5.91 Å². The number of amides is 1. The maximum Gasteiger partial charge on any atom is 0.271 e. The number of hydrogen-bond acceptors (Lipinski definition) is 4. The molecule has 0 spiro atoms. The topological polar surface area (TPSA) is 76.7 Å². The van der Waals surface area contributed by atoms with Crippen LogP contribution in [0.2, 0.25) is 0 Å². The van der Waals surface area contributed by atoms with Gasteiger partial charge in [-0.15, -0.1) is 0 Å². The molecule has 2 rings (SSSR count). The van der Waals surface area contributed by atoms with Crippen molar-refractivity contribution in [1.82, 2.24) is 5.43 Å². The summed E-state index contributed by atoms with van der Waals surface area (Å²) >= 11 is 0. The van der Waals surface area contributed by atoms with E-state index in [2.05, 4.69) is 10.5 Å². The second kappa shape index (κ2) is 6.56. The quantitative estimate of drug-likeness (QED) is 0.514. The maximum absolute atomic E-state index is 11.9. The van der Waals surface area contributed by atoms with Crippen LogP contribution in [0.15, 0.2) is 53.6 Å². The van der Waals surface area contributed by atoms with Crippen molar-refractivity contribution in [1.29, 1.82) is 0 Å². The van der Waals surface area contributed by atoms with Crippen molar-refractivity contribution < 1.29 is 9.53 Å². The van der Waals surface area contributed by atoms with Crippen LogP contribution in [0.3, 0.4) is 0 Å². The number of methoxy groups -OCH3 is 1. The Labute approximate surface area is 123 Å². The molecule has 0 unspecified atom stereocenters. The van der Waals surface area contributed by atoms with E-state index in [1.807, 2.05) is 31.2 Å². The van der Waals surface area contributed by atoms with Crippen LogP contribution in [0.4, 0.5) is 5.69 Å². The van der Waals surface area contributed by atoms with Crippen LogP contribution < -0.4 is 15.9 Å². The number of rotatable bonds is 4.